The maximum absolute atomic E-state index is 12.7. The van der Waals surface area contributed by atoms with Crippen LogP contribution in [0, 0.1) is 12.8 Å². The van der Waals surface area contributed by atoms with Gasteiger partial charge in [0.1, 0.15) is 5.69 Å². The zero-order valence-electron chi connectivity index (χ0n) is 14.4. The molecule has 0 bridgehead atoms. The molecular weight excluding hydrogens is 340 g/mol. The van der Waals surface area contributed by atoms with E-state index in [-0.39, 0.29) is 23.8 Å². The molecule has 2 heterocycles. The highest BCUT2D eigenvalue weighted by molar-refractivity contribution is 7.15. The second-order valence-corrected chi connectivity index (χ2v) is 7.45. The molecule has 3 rings (SSSR count). The average molecular weight is 362 g/mol. The lowest BCUT2D eigenvalue weighted by Crippen LogP contribution is -2.43. The first-order valence-corrected chi connectivity index (χ1v) is 9.31. The molecule has 1 amide bonds. The van der Waals surface area contributed by atoms with Crippen LogP contribution < -0.4 is 5.32 Å². The van der Waals surface area contributed by atoms with E-state index in [1.807, 2.05) is 13.0 Å². The molecule has 0 saturated heterocycles. The number of rotatable bonds is 4. The topological polar surface area (TPSA) is 81.4 Å². The van der Waals surface area contributed by atoms with Crippen LogP contribution in [-0.4, -0.2) is 30.0 Å². The minimum Gasteiger partial charge on any atom is -0.469 e. The van der Waals surface area contributed by atoms with Crippen molar-refractivity contribution in [1.29, 1.82) is 0 Å². The summed E-state index contributed by atoms with van der Waals surface area (Å²) in [5.74, 6) is -0.139. The van der Waals surface area contributed by atoms with Gasteiger partial charge in [0.15, 0.2) is 10.8 Å². The molecular formula is C18H22N2O4S. The molecule has 0 unspecified atom stereocenters. The van der Waals surface area contributed by atoms with Gasteiger partial charge in [0.25, 0.3) is 5.91 Å². The van der Waals surface area contributed by atoms with Crippen molar-refractivity contribution in [3.8, 4) is 10.8 Å². The van der Waals surface area contributed by atoms with E-state index < -0.39 is 0 Å². The Hall–Kier alpha value is -2.15. The van der Waals surface area contributed by atoms with Gasteiger partial charge in [0.2, 0.25) is 0 Å². The maximum atomic E-state index is 12.7. The number of aryl methyl sites for hydroxylation is 1. The predicted octanol–water partition coefficient (Wildman–Crippen LogP) is 3.56. The van der Waals surface area contributed by atoms with E-state index in [4.69, 9.17) is 9.15 Å². The molecule has 25 heavy (non-hydrogen) atoms. The van der Waals surface area contributed by atoms with Gasteiger partial charge < -0.3 is 14.5 Å². The van der Waals surface area contributed by atoms with Crippen molar-refractivity contribution in [3.63, 3.8) is 0 Å². The van der Waals surface area contributed by atoms with E-state index in [0.29, 0.717) is 16.5 Å². The minimum absolute atomic E-state index is 0.212. The van der Waals surface area contributed by atoms with E-state index in [2.05, 4.69) is 10.3 Å². The molecule has 0 aromatic carbocycles. The van der Waals surface area contributed by atoms with Gasteiger partial charge >= 0.3 is 5.97 Å². The summed E-state index contributed by atoms with van der Waals surface area (Å²) >= 11 is 1.42. The standard InChI is InChI=1S/C18H22N2O4S/c1-11-15(20-17(25-11)14-9-6-10-24-14)16(21)19-13-8-5-3-4-7-12(13)18(22)23-2/h6,9-10,12-13H,3-5,7-8H2,1-2H3,(H,19,21)/t12-,13-/m1/s1. The van der Waals surface area contributed by atoms with Gasteiger partial charge in [0.05, 0.1) is 19.3 Å². The number of hydrogen-bond acceptors (Lipinski definition) is 6. The Kier molecular flexibility index (Phi) is 5.53. The largest absolute Gasteiger partial charge is 0.469 e. The molecule has 0 spiro atoms. The number of furan rings is 1. The third kappa shape index (κ3) is 3.92. The molecule has 1 fully saturated rings. The molecule has 7 heteroatoms. The predicted molar refractivity (Wildman–Crippen MR) is 94.4 cm³/mol. The average Bonchev–Trinajstić information content (AvgIpc) is 3.20. The number of hydrogen-bond donors (Lipinski definition) is 1. The normalized spacial score (nSPS) is 20.7. The van der Waals surface area contributed by atoms with Crippen molar-refractivity contribution in [3.05, 3.63) is 29.0 Å². The zero-order valence-corrected chi connectivity index (χ0v) is 15.2. The fourth-order valence-corrected chi connectivity index (χ4v) is 4.14. The number of carbonyl (C=O) groups is 2. The van der Waals surface area contributed by atoms with Gasteiger partial charge in [-0.3, -0.25) is 9.59 Å². The van der Waals surface area contributed by atoms with Gasteiger partial charge in [-0.2, -0.15) is 0 Å². The quantitative estimate of drug-likeness (QED) is 0.664. The first-order chi connectivity index (χ1) is 12.1. The molecule has 1 N–H and O–H groups in total. The Labute approximate surface area is 150 Å². The number of aromatic nitrogens is 1. The van der Waals surface area contributed by atoms with Gasteiger partial charge in [0, 0.05) is 10.9 Å². The highest BCUT2D eigenvalue weighted by atomic mass is 32.1. The maximum Gasteiger partial charge on any atom is 0.310 e. The van der Waals surface area contributed by atoms with Crippen molar-refractivity contribution in [2.45, 2.75) is 45.1 Å². The number of amides is 1. The number of carbonyl (C=O) groups excluding carboxylic acids is 2. The van der Waals surface area contributed by atoms with Gasteiger partial charge in [-0.05, 0) is 31.9 Å². The summed E-state index contributed by atoms with van der Waals surface area (Å²) in [4.78, 5) is 30.1. The van der Waals surface area contributed by atoms with Crippen molar-refractivity contribution >= 4 is 23.2 Å². The summed E-state index contributed by atoms with van der Waals surface area (Å²) in [6.45, 7) is 1.86. The summed E-state index contributed by atoms with van der Waals surface area (Å²) in [6, 6.07) is 3.40. The van der Waals surface area contributed by atoms with Crippen LogP contribution in [0.2, 0.25) is 0 Å². The van der Waals surface area contributed by atoms with Crippen LogP contribution in [0.25, 0.3) is 10.8 Å². The summed E-state index contributed by atoms with van der Waals surface area (Å²) in [5.41, 5.74) is 0.393. The fourth-order valence-electron chi connectivity index (χ4n) is 3.26. The molecule has 0 radical (unpaired) electrons. The van der Waals surface area contributed by atoms with Crippen LogP contribution in [0.15, 0.2) is 22.8 Å². The highest BCUT2D eigenvalue weighted by Crippen LogP contribution is 2.29. The molecule has 2 aromatic rings. The van der Waals surface area contributed by atoms with Crippen molar-refractivity contribution < 1.29 is 18.7 Å². The third-order valence-corrected chi connectivity index (χ3v) is 5.57. The summed E-state index contributed by atoms with van der Waals surface area (Å²) in [7, 11) is 1.40. The van der Waals surface area contributed by atoms with E-state index in [1.54, 1.807) is 12.3 Å². The monoisotopic (exact) mass is 362 g/mol. The fraction of sp³-hybridized carbons (Fsp3) is 0.500. The van der Waals surface area contributed by atoms with Crippen molar-refractivity contribution in [2.75, 3.05) is 7.11 Å². The zero-order chi connectivity index (χ0) is 17.8. The number of methoxy groups -OCH3 is 1. The second kappa shape index (κ2) is 7.82. The Bertz CT molecular complexity index is 738. The molecule has 6 nitrogen and oxygen atoms in total. The summed E-state index contributed by atoms with van der Waals surface area (Å²) in [6.07, 6.45) is 6.14. The SMILES string of the molecule is COC(=O)[C@@H]1CCCCC[C@H]1NC(=O)c1nc(-c2ccco2)sc1C. The molecule has 2 atom stereocenters. The lowest BCUT2D eigenvalue weighted by atomic mass is 9.94. The molecule has 1 saturated carbocycles. The van der Waals surface area contributed by atoms with Crippen LogP contribution in [0.5, 0.6) is 0 Å². The van der Waals surface area contributed by atoms with Gasteiger partial charge in [-0.1, -0.05) is 19.3 Å². The number of nitrogens with one attached hydrogen (secondary N) is 1. The Morgan fingerprint density at radius 2 is 2.12 bits per heavy atom. The van der Waals surface area contributed by atoms with E-state index in [1.165, 1.54) is 18.4 Å². The Balaban J connectivity index is 1.77. The first-order valence-electron chi connectivity index (χ1n) is 8.50. The van der Waals surface area contributed by atoms with Gasteiger partial charge in [-0.25, -0.2) is 4.98 Å². The smallest absolute Gasteiger partial charge is 0.310 e. The van der Waals surface area contributed by atoms with Crippen LogP contribution >= 0.6 is 11.3 Å². The molecule has 0 aliphatic heterocycles. The highest BCUT2D eigenvalue weighted by Gasteiger charge is 2.32. The van der Waals surface area contributed by atoms with E-state index >= 15 is 0 Å². The van der Waals surface area contributed by atoms with Crippen LogP contribution in [-0.2, 0) is 9.53 Å². The number of nitrogens with zero attached hydrogens (tertiary/aromatic N) is 1. The van der Waals surface area contributed by atoms with Crippen molar-refractivity contribution in [2.24, 2.45) is 5.92 Å². The molecule has 1 aliphatic carbocycles. The third-order valence-electron chi connectivity index (χ3n) is 4.58. The lowest BCUT2D eigenvalue weighted by Gasteiger charge is -2.23. The second-order valence-electron chi connectivity index (χ2n) is 6.25. The summed E-state index contributed by atoms with van der Waals surface area (Å²) < 4.78 is 10.3. The first kappa shape index (κ1) is 17.7. The van der Waals surface area contributed by atoms with E-state index in [0.717, 1.165) is 37.0 Å². The van der Waals surface area contributed by atoms with Crippen molar-refractivity contribution in [1.82, 2.24) is 10.3 Å². The van der Waals surface area contributed by atoms with E-state index in [9.17, 15) is 9.59 Å². The minimum atomic E-state index is -0.292. The van der Waals surface area contributed by atoms with Crippen LogP contribution in [0.4, 0.5) is 0 Å². The van der Waals surface area contributed by atoms with Crippen LogP contribution in [0.3, 0.4) is 0 Å². The van der Waals surface area contributed by atoms with Crippen LogP contribution in [0.1, 0.15) is 47.5 Å². The Morgan fingerprint density at radius 1 is 1.32 bits per heavy atom. The van der Waals surface area contributed by atoms with Gasteiger partial charge in [-0.15, -0.1) is 11.3 Å². The molecule has 134 valence electrons. The summed E-state index contributed by atoms with van der Waals surface area (Å²) in [5, 5.41) is 3.69. The lowest BCUT2D eigenvalue weighted by molar-refractivity contribution is -0.146. The number of thiazole rings is 1. The number of esters is 1. The Morgan fingerprint density at radius 3 is 2.84 bits per heavy atom. The molecule has 1 aliphatic rings. The molecule has 2 aromatic heterocycles. The number of ether oxygens (including phenoxy) is 1.